The molecule has 4 nitrogen and oxygen atoms in total. The molecular formula is C20H21NO3. The summed E-state index contributed by atoms with van der Waals surface area (Å²) in [4.78, 5) is 24.6. The molecule has 1 aliphatic carbocycles. The van der Waals surface area contributed by atoms with Gasteiger partial charge in [0.25, 0.3) is 0 Å². The number of carbonyl (C=O) groups is 2. The first kappa shape index (κ1) is 16.2. The van der Waals surface area contributed by atoms with Crippen molar-refractivity contribution in [2.24, 2.45) is 11.8 Å². The van der Waals surface area contributed by atoms with Gasteiger partial charge in [-0.3, -0.25) is 9.59 Å². The Hall–Kier alpha value is -2.62. The molecule has 0 bridgehead atoms. The molecule has 0 aromatic heterocycles. The minimum Gasteiger partial charge on any atom is -0.469 e. The van der Waals surface area contributed by atoms with E-state index in [0.29, 0.717) is 5.56 Å². The molecule has 2 aromatic rings. The molecule has 0 aliphatic heterocycles. The van der Waals surface area contributed by atoms with Crippen molar-refractivity contribution in [3.63, 3.8) is 0 Å². The van der Waals surface area contributed by atoms with Gasteiger partial charge < -0.3 is 10.5 Å². The summed E-state index contributed by atoms with van der Waals surface area (Å²) in [5, 5.41) is 0. The normalized spacial score (nSPS) is 19.9. The molecule has 0 radical (unpaired) electrons. The van der Waals surface area contributed by atoms with Crippen LogP contribution in [0.2, 0.25) is 0 Å². The number of benzene rings is 2. The molecule has 2 atom stereocenters. The zero-order chi connectivity index (χ0) is 17.1. The van der Waals surface area contributed by atoms with Crippen molar-refractivity contribution < 1.29 is 14.3 Å². The molecule has 0 spiro atoms. The molecule has 3 rings (SSSR count). The molecule has 1 fully saturated rings. The van der Waals surface area contributed by atoms with E-state index in [4.69, 9.17) is 10.5 Å². The van der Waals surface area contributed by atoms with Crippen molar-refractivity contribution in [2.75, 3.05) is 12.8 Å². The van der Waals surface area contributed by atoms with Crippen molar-refractivity contribution in [1.82, 2.24) is 0 Å². The molecule has 24 heavy (non-hydrogen) atoms. The van der Waals surface area contributed by atoms with Crippen LogP contribution in [0.5, 0.6) is 0 Å². The van der Waals surface area contributed by atoms with E-state index >= 15 is 0 Å². The third-order valence-electron chi connectivity index (χ3n) is 4.77. The van der Waals surface area contributed by atoms with Gasteiger partial charge in [-0.1, -0.05) is 42.8 Å². The van der Waals surface area contributed by atoms with Gasteiger partial charge in [0.2, 0.25) is 0 Å². The molecule has 0 unspecified atom stereocenters. The third kappa shape index (κ3) is 3.18. The summed E-state index contributed by atoms with van der Waals surface area (Å²) in [5.74, 6) is -0.810. The summed E-state index contributed by atoms with van der Waals surface area (Å²) in [7, 11) is 1.38. The Kier molecular flexibility index (Phi) is 4.65. The Morgan fingerprint density at radius 1 is 0.917 bits per heavy atom. The average Bonchev–Trinajstić information content (AvgIpc) is 3.11. The lowest BCUT2D eigenvalue weighted by atomic mass is 9.88. The van der Waals surface area contributed by atoms with Crippen LogP contribution >= 0.6 is 0 Å². The van der Waals surface area contributed by atoms with E-state index in [2.05, 4.69) is 0 Å². The van der Waals surface area contributed by atoms with Crippen LogP contribution in [0.25, 0.3) is 11.1 Å². The molecular weight excluding hydrogens is 302 g/mol. The van der Waals surface area contributed by atoms with Crippen LogP contribution in [0.1, 0.15) is 29.6 Å². The van der Waals surface area contributed by atoms with Crippen LogP contribution in [0.15, 0.2) is 48.5 Å². The highest BCUT2D eigenvalue weighted by atomic mass is 16.5. The van der Waals surface area contributed by atoms with Crippen molar-refractivity contribution in [1.29, 1.82) is 0 Å². The number of methoxy groups -OCH3 is 1. The summed E-state index contributed by atoms with van der Waals surface area (Å²) in [6.07, 6.45) is 2.37. The monoisotopic (exact) mass is 323 g/mol. The van der Waals surface area contributed by atoms with E-state index in [1.165, 1.54) is 7.11 Å². The van der Waals surface area contributed by atoms with Gasteiger partial charge in [0, 0.05) is 17.2 Å². The highest BCUT2D eigenvalue weighted by Gasteiger charge is 2.38. The number of ketones is 1. The topological polar surface area (TPSA) is 69.4 Å². The standard InChI is InChI=1S/C20H21NO3/c1-24-20(23)18-4-2-3-17(18)19(22)15-7-5-13(6-8-15)14-9-11-16(21)12-10-14/h5-12,17-18H,2-4,21H2,1H3/t17-,18-/m1/s1. The van der Waals surface area contributed by atoms with Gasteiger partial charge >= 0.3 is 5.97 Å². The van der Waals surface area contributed by atoms with Crippen molar-refractivity contribution in [3.8, 4) is 11.1 Å². The number of nitrogens with two attached hydrogens (primary N) is 1. The van der Waals surface area contributed by atoms with E-state index in [1.807, 2.05) is 48.5 Å². The molecule has 1 aliphatic rings. The van der Waals surface area contributed by atoms with Crippen LogP contribution in [-0.2, 0) is 9.53 Å². The molecule has 2 N–H and O–H groups in total. The van der Waals surface area contributed by atoms with E-state index in [0.717, 1.165) is 36.1 Å². The number of rotatable bonds is 4. The summed E-state index contributed by atoms with van der Waals surface area (Å²) in [6, 6.07) is 15.2. The number of esters is 1. The summed E-state index contributed by atoms with van der Waals surface area (Å²) < 4.78 is 4.84. The van der Waals surface area contributed by atoms with Crippen LogP contribution in [-0.4, -0.2) is 18.9 Å². The lowest BCUT2D eigenvalue weighted by Crippen LogP contribution is -2.26. The quantitative estimate of drug-likeness (QED) is 0.529. The Bertz CT molecular complexity index is 734. The first-order valence-corrected chi connectivity index (χ1v) is 8.18. The van der Waals surface area contributed by atoms with Gasteiger partial charge in [-0.25, -0.2) is 0 Å². The highest BCUT2D eigenvalue weighted by molar-refractivity contribution is 6.00. The second kappa shape index (κ2) is 6.87. The summed E-state index contributed by atoms with van der Waals surface area (Å²) in [5.41, 5.74) is 9.16. The molecule has 0 saturated heterocycles. The Morgan fingerprint density at radius 2 is 1.46 bits per heavy atom. The van der Waals surface area contributed by atoms with Gasteiger partial charge in [0.1, 0.15) is 0 Å². The van der Waals surface area contributed by atoms with Crippen molar-refractivity contribution in [2.45, 2.75) is 19.3 Å². The van der Waals surface area contributed by atoms with Crippen LogP contribution in [0.4, 0.5) is 5.69 Å². The predicted molar refractivity (Wildman–Crippen MR) is 93.5 cm³/mol. The minimum atomic E-state index is -0.306. The maximum atomic E-state index is 12.7. The van der Waals surface area contributed by atoms with Crippen molar-refractivity contribution >= 4 is 17.4 Å². The number of Topliss-reactive ketones (excluding diaryl/α,β-unsaturated/α-hetero) is 1. The fourth-order valence-electron chi connectivity index (χ4n) is 3.42. The molecule has 124 valence electrons. The third-order valence-corrected chi connectivity index (χ3v) is 4.77. The zero-order valence-electron chi connectivity index (χ0n) is 13.7. The fourth-order valence-corrected chi connectivity index (χ4v) is 3.42. The smallest absolute Gasteiger partial charge is 0.309 e. The molecule has 0 heterocycles. The number of hydrogen-bond donors (Lipinski definition) is 1. The van der Waals surface area contributed by atoms with Crippen LogP contribution in [0, 0.1) is 11.8 Å². The molecule has 2 aromatic carbocycles. The summed E-state index contributed by atoms with van der Waals surface area (Å²) >= 11 is 0. The molecule has 4 heteroatoms. The van der Waals surface area contributed by atoms with E-state index in [-0.39, 0.29) is 23.6 Å². The Balaban J connectivity index is 1.79. The largest absolute Gasteiger partial charge is 0.469 e. The number of ether oxygens (including phenoxy) is 1. The molecule has 1 saturated carbocycles. The van der Waals surface area contributed by atoms with E-state index in [1.54, 1.807) is 0 Å². The van der Waals surface area contributed by atoms with Gasteiger partial charge in [0.05, 0.1) is 13.0 Å². The number of anilines is 1. The van der Waals surface area contributed by atoms with Crippen LogP contribution < -0.4 is 5.73 Å². The Labute approximate surface area is 141 Å². The fraction of sp³-hybridized carbons (Fsp3) is 0.300. The van der Waals surface area contributed by atoms with Crippen molar-refractivity contribution in [3.05, 3.63) is 54.1 Å². The average molecular weight is 323 g/mol. The lowest BCUT2D eigenvalue weighted by molar-refractivity contribution is -0.146. The second-order valence-electron chi connectivity index (χ2n) is 6.23. The minimum absolute atomic E-state index is 0.0340. The first-order chi connectivity index (χ1) is 11.6. The molecule has 0 amide bonds. The second-order valence-corrected chi connectivity index (χ2v) is 6.23. The Morgan fingerprint density at radius 3 is 2.04 bits per heavy atom. The number of nitrogen functional groups attached to an aromatic ring is 1. The number of carbonyl (C=O) groups excluding carboxylic acids is 2. The maximum absolute atomic E-state index is 12.7. The SMILES string of the molecule is COC(=O)[C@@H]1CCC[C@H]1C(=O)c1ccc(-c2ccc(N)cc2)cc1. The summed E-state index contributed by atoms with van der Waals surface area (Å²) in [6.45, 7) is 0. The van der Waals surface area contributed by atoms with E-state index in [9.17, 15) is 9.59 Å². The lowest BCUT2D eigenvalue weighted by Gasteiger charge is -2.16. The number of hydrogen-bond acceptors (Lipinski definition) is 4. The zero-order valence-corrected chi connectivity index (χ0v) is 13.7. The van der Waals surface area contributed by atoms with Gasteiger partial charge in [-0.15, -0.1) is 0 Å². The maximum Gasteiger partial charge on any atom is 0.309 e. The predicted octanol–water partition coefficient (Wildman–Crippen LogP) is 3.71. The van der Waals surface area contributed by atoms with Gasteiger partial charge in [-0.05, 0) is 36.1 Å². The van der Waals surface area contributed by atoms with E-state index < -0.39 is 0 Å². The van der Waals surface area contributed by atoms with Gasteiger partial charge in [-0.2, -0.15) is 0 Å². The van der Waals surface area contributed by atoms with Gasteiger partial charge in [0.15, 0.2) is 5.78 Å². The highest BCUT2D eigenvalue weighted by Crippen LogP contribution is 2.35. The van der Waals surface area contributed by atoms with Crippen LogP contribution in [0.3, 0.4) is 0 Å². The first-order valence-electron chi connectivity index (χ1n) is 8.18.